The van der Waals surface area contributed by atoms with E-state index in [1.807, 2.05) is 0 Å². The lowest BCUT2D eigenvalue weighted by Crippen LogP contribution is -2.95. The largest absolute Gasteiger partial charge is 0.394 e. The van der Waals surface area contributed by atoms with Crippen molar-refractivity contribution in [3.05, 3.63) is 0 Å². The van der Waals surface area contributed by atoms with Gasteiger partial charge in [0.05, 0.1) is 38.5 Å². The van der Waals surface area contributed by atoms with Gasteiger partial charge in [0, 0.05) is 52.2 Å². The van der Waals surface area contributed by atoms with Gasteiger partial charge in [-0.2, -0.15) is 0 Å². The lowest BCUT2D eigenvalue weighted by atomic mass is 10.0. The molecule has 4 aliphatic rings. The first-order valence-corrected chi connectivity index (χ1v) is 11.5. The lowest BCUT2D eigenvalue weighted by Gasteiger charge is -2.42. The smallest absolute Gasteiger partial charge is 0.317 e. The van der Waals surface area contributed by atoms with Crippen LogP contribution in [0, 0.1) is 0 Å². The quantitative estimate of drug-likeness (QED) is 0.374. The minimum absolute atomic E-state index is 0.125. The summed E-state index contributed by atoms with van der Waals surface area (Å²) >= 11 is 0. The van der Waals surface area contributed by atoms with Crippen molar-refractivity contribution in [2.45, 2.75) is 49.8 Å². The van der Waals surface area contributed by atoms with E-state index in [1.165, 1.54) is 25.8 Å². The highest BCUT2D eigenvalue weighted by molar-refractivity contribution is 5.74. The minimum atomic E-state index is -0.756. The number of aliphatic hydroxyl groups is 2. The van der Waals surface area contributed by atoms with Gasteiger partial charge in [0.2, 0.25) is 0 Å². The number of rotatable bonds is 5. The Bertz CT molecular complexity index is 550. The molecule has 30 heavy (non-hydrogen) atoms. The average Bonchev–Trinajstić information content (AvgIpc) is 3.14. The molecule has 0 aromatic carbocycles. The molecule has 0 aliphatic carbocycles. The lowest BCUT2D eigenvalue weighted by molar-refractivity contribution is -0.717. The van der Waals surface area contributed by atoms with E-state index >= 15 is 0 Å². The number of urea groups is 1. The third kappa shape index (κ3) is 5.07. The van der Waals surface area contributed by atoms with Crippen LogP contribution in [0.25, 0.3) is 0 Å². The number of carbonyl (C=O) groups excluding carboxylic acids is 1. The van der Waals surface area contributed by atoms with Crippen molar-refractivity contribution in [3.63, 3.8) is 0 Å². The van der Waals surface area contributed by atoms with Crippen molar-refractivity contribution >= 4 is 6.03 Å². The molecule has 5 unspecified atom stereocenters. The molecular weight excluding hydrogens is 390 g/mol. The molecule has 5 N–H and O–H groups in total. The van der Waals surface area contributed by atoms with Gasteiger partial charge >= 0.3 is 6.03 Å². The SMILES string of the molecule is O=C(NCC1OC(CO)C(O)C1N1CCN(C2CCCC[NH2+]2)CC1)N1CCOCC1. The van der Waals surface area contributed by atoms with Crippen LogP contribution in [0.1, 0.15) is 19.3 Å². The Morgan fingerprint density at radius 2 is 1.77 bits per heavy atom. The average molecular weight is 429 g/mol. The number of nitrogens with one attached hydrogen (secondary N) is 1. The topological polar surface area (TPSA) is 114 Å². The zero-order chi connectivity index (χ0) is 20.9. The highest BCUT2D eigenvalue weighted by atomic mass is 16.5. The third-order valence-electron chi connectivity index (χ3n) is 7.03. The summed E-state index contributed by atoms with van der Waals surface area (Å²) in [4.78, 5) is 19.0. The number of hydrogen-bond acceptors (Lipinski definition) is 7. The number of carbonyl (C=O) groups is 1. The van der Waals surface area contributed by atoms with E-state index in [4.69, 9.17) is 9.47 Å². The zero-order valence-corrected chi connectivity index (χ0v) is 17.8. The second-order valence-corrected chi connectivity index (χ2v) is 8.82. The second-order valence-electron chi connectivity index (χ2n) is 8.82. The summed E-state index contributed by atoms with van der Waals surface area (Å²) in [6, 6.07) is -0.343. The molecule has 10 heteroatoms. The number of piperazine rings is 1. The van der Waals surface area contributed by atoms with E-state index in [0.717, 1.165) is 26.2 Å². The minimum Gasteiger partial charge on any atom is -0.394 e. The van der Waals surface area contributed by atoms with E-state index in [9.17, 15) is 15.0 Å². The van der Waals surface area contributed by atoms with Gasteiger partial charge in [0.15, 0.2) is 0 Å². The van der Waals surface area contributed by atoms with E-state index < -0.39 is 12.2 Å². The summed E-state index contributed by atoms with van der Waals surface area (Å²) in [6.45, 7) is 7.28. The van der Waals surface area contributed by atoms with E-state index in [-0.39, 0.29) is 24.8 Å². The summed E-state index contributed by atoms with van der Waals surface area (Å²) in [7, 11) is 0. The Morgan fingerprint density at radius 3 is 2.43 bits per heavy atom. The van der Waals surface area contributed by atoms with Gasteiger partial charge in [-0.1, -0.05) is 0 Å². The van der Waals surface area contributed by atoms with Crippen molar-refractivity contribution < 1.29 is 29.8 Å². The standard InChI is InChI=1S/C20H37N5O5/c26-14-16-19(27)18(15(30-16)13-22-20(28)25-9-11-29-12-10-25)24-7-5-23(6-8-24)17-3-1-2-4-21-17/h15-19,21,26-27H,1-14H2,(H,22,28)/p+1. The number of nitrogens with zero attached hydrogens (tertiary/aromatic N) is 3. The number of quaternary nitrogens is 1. The first-order valence-electron chi connectivity index (χ1n) is 11.5. The number of morpholine rings is 1. The van der Waals surface area contributed by atoms with E-state index in [1.54, 1.807) is 4.90 Å². The molecule has 2 amide bonds. The highest BCUT2D eigenvalue weighted by Crippen LogP contribution is 2.27. The Kier molecular flexibility index (Phi) is 7.79. The van der Waals surface area contributed by atoms with Crippen LogP contribution in [0.3, 0.4) is 0 Å². The fraction of sp³-hybridized carbons (Fsp3) is 0.950. The number of hydrogen-bond donors (Lipinski definition) is 4. The molecule has 0 aromatic rings. The van der Waals surface area contributed by atoms with Gasteiger partial charge in [0.25, 0.3) is 0 Å². The Hall–Kier alpha value is -1.01. The first-order chi connectivity index (χ1) is 14.7. The van der Waals surface area contributed by atoms with Gasteiger partial charge in [-0.05, 0) is 12.8 Å². The monoisotopic (exact) mass is 428 g/mol. The van der Waals surface area contributed by atoms with E-state index in [2.05, 4.69) is 20.4 Å². The molecule has 4 heterocycles. The molecule has 0 spiro atoms. The molecule has 0 aromatic heterocycles. The maximum absolute atomic E-state index is 12.5. The summed E-state index contributed by atoms with van der Waals surface area (Å²) in [5, 5.41) is 25.9. The van der Waals surface area contributed by atoms with Crippen LogP contribution in [-0.4, -0.2) is 134 Å². The van der Waals surface area contributed by atoms with Crippen LogP contribution in [0.2, 0.25) is 0 Å². The normalized spacial score (nSPS) is 36.7. The van der Waals surface area contributed by atoms with Crippen LogP contribution < -0.4 is 10.6 Å². The number of nitrogens with two attached hydrogens (primary N) is 1. The maximum Gasteiger partial charge on any atom is 0.317 e. The summed E-state index contributed by atoms with van der Waals surface area (Å²) in [6.07, 6.45) is 2.74. The number of aliphatic hydroxyl groups excluding tert-OH is 2. The molecule has 0 saturated carbocycles. The molecule has 172 valence electrons. The predicted molar refractivity (Wildman–Crippen MR) is 109 cm³/mol. The number of piperidine rings is 1. The Morgan fingerprint density at radius 1 is 1.03 bits per heavy atom. The molecule has 0 radical (unpaired) electrons. The summed E-state index contributed by atoms with van der Waals surface area (Å²) < 4.78 is 11.2. The van der Waals surface area contributed by atoms with Gasteiger partial charge in [-0.15, -0.1) is 0 Å². The van der Waals surface area contributed by atoms with Crippen molar-refractivity contribution in [2.75, 3.05) is 72.2 Å². The third-order valence-corrected chi connectivity index (χ3v) is 7.03. The van der Waals surface area contributed by atoms with Crippen LogP contribution in [0.4, 0.5) is 4.79 Å². The van der Waals surface area contributed by atoms with E-state index in [0.29, 0.717) is 39.0 Å². The zero-order valence-electron chi connectivity index (χ0n) is 17.8. The van der Waals surface area contributed by atoms with Crippen LogP contribution in [0.5, 0.6) is 0 Å². The predicted octanol–water partition coefficient (Wildman–Crippen LogP) is -2.79. The van der Waals surface area contributed by atoms with Gasteiger partial charge < -0.3 is 35.2 Å². The fourth-order valence-electron chi connectivity index (χ4n) is 5.29. The maximum atomic E-state index is 12.5. The Labute approximate surface area is 178 Å². The molecule has 4 saturated heterocycles. The second kappa shape index (κ2) is 10.5. The van der Waals surface area contributed by atoms with Gasteiger partial charge in [-0.25, -0.2) is 4.79 Å². The van der Waals surface area contributed by atoms with Crippen LogP contribution >= 0.6 is 0 Å². The Balaban J connectivity index is 1.32. The van der Waals surface area contributed by atoms with Crippen molar-refractivity contribution in [1.82, 2.24) is 20.0 Å². The first kappa shape index (κ1) is 22.2. The summed E-state index contributed by atoms with van der Waals surface area (Å²) in [5.41, 5.74) is 0. The molecule has 4 fully saturated rings. The molecule has 10 nitrogen and oxygen atoms in total. The molecule has 4 rings (SSSR count). The van der Waals surface area contributed by atoms with Crippen LogP contribution in [0.15, 0.2) is 0 Å². The highest BCUT2D eigenvalue weighted by Gasteiger charge is 2.47. The number of amides is 2. The van der Waals surface area contributed by atoms with Crippen molar-refractivity contribution in [3.8, 4) is 0 Å². The molecule has 0 bridgehead atoms. The van der Waals surface area contributed by atoms with Crippen molar-refractivity contribution in [1.29, 1.82) is 0 Å². The van der Waals surface area contributed by atoms with Crippen molar-refractivity contribution in [2.24, 2.45) is 0 Å². The summed E-state index contributed by atoms with van der Waals surface area (Å²) in [5.74, 6) is 0. The molecule has 5 atom stereocenters. The number of ether oxygens (including phenoxy) is 2. The molecular formula is C20H38N5O5+. The molecule has 4 aliphatic heterocycles. The fourth-order valence-corrected chi connectivity index (χ4v) is 5.29. The van der Waals surface area contributed by atoms with Gasteiger partial charge in [0.1, 0.15) is 18.4 Å². The van der Waals surface area contributed by atoms with Gasteiger partial charge in [-0.3, -0.25) is 9.80 Å². The van der Waals surface area contributed by atoms with Crippen LogP contribution in [-0.2, 0) is 9.47 Å².